The Balaban J connectivity index is 4.25. The lowest BCUT2D eigenvalue weighted by Crippen LogP contribution is -2.30. The number of rotatable bonds is 33. The van der Waals surface area contributed by atoms with Crippen molar-refractivity contribution in [2.24, 2.45) is 17.6 Å². The van der Waals surface area contributed by atoms with Crippen molar-refractivity contribution in [3.05, 3.63) is 0 Å². The van der Waals surface area contributed by atoms with Crippen molar-refractivity contribution in [2.45, 2.75) is 175 Å². The third-order valence-corrected chi connectivity index (χ3v) is 9.17. The molecule has 0 aromatic heterocycles. The number of carbonyl (C=O) groups excluding carboxylic acids is 2. The molecule has 2 N–H and O–H groups in total. The van der Waals surface area contributed by atoms with Gasteiger partial charge in [0.15, 0.2) is 6.10 Å². The van der Waals surface area contributed by atoms with Gasteiger partial charge >= 0.3 is 11.9 Å². The minimum absolute atomic E-state index is 0.0162. The Morgan fingerprint density at radius 2 is 1.13 bits per heavy atom. The summed E-state index contributed by atoms with van der Waals surface area (Å²) in [6.45, 7) is 8.15. The van der Waals surface area contributed by atoms with Gasteiger partial charge in [0.1, 0.15) is 6.61 Å². The van der Waals surface area contributed by atoms with Gasteiger partial charge in [-0.1, -0.05) is 143 Å². The van der Waals surface area contributed by atoms with E-state index in [0.717, 1.165) is 50.4 Å². The van der Waals surface area contributed by atoms with Crippen molar-refractivity contribution >= 4 is 19.8 Å². The fourth-order valence-corrected chi connectivity index (χ4v) is 5.83. The van der Waals surface area contributed by atoms with Crippen LogP contribution < -0.4 is 10.6 Å². The number of carbonyl (C=O) groups is 2. The number of hydrogen-bond acceptors (Lipinski definition) is 9. The zero-order chi connectivity index (χ0) is 33.6. The summed E-state index contributed by atoms with van der Waals surface area (Å²) in [5.74, 6) is 0.747. The van der Waals surface area contributed by atoms with Gasteiger partial charge in [-0.15, -0.1) is 0 Å². The Hall–Kier alpha value is -0.990. The minimum atomic E-state index is -4.61. The maximum atomic E-state index is 12.5. The molecule has 0 bridgehead atoms. The molecule has 1 unspecified atom stereocenters. The topological polar surface area (TPSA) is 137 Å². The third kappa shape index (κ3) is 31.4. The van der Waals surface area contributed by atoms with Crippen molar-refractivity contribution < 1.29 is 37.6 Å². The van der Waals surface area contributed by atoms with E-state index in [9.17, 15) is 19.0 Å². The molecule has 0 rings (SSSR count). The van der Waals surface area contributed by atoms with Crippen LogP contribution in [-0.4, -0.2) is 44.4 Å². The highest BCUT2D eigenvalue weighted by molar-refractivity contribution is 7.45. The van der Waals surface area contributed by atoms with E-state index in [0.29, 0.717) is 6.42 Å². The number of ether oxygens (including phenoxy) is 2. The third-order valence-electron chi connectivity index (χ3n) is 8.20. The lowest BCUT2D eigenvalue weighted by atomic mass is 9.99. The van der Waals surface area contributed by atoms with Crippen molar-refractivity contribution in [3.8, 4) is 0 Å². The lowest BCUT2D eigenvalue weighted by molar-refractivity contribution is -0.228. The summed E-state index contributed by atoms with van der Waals surface area (Å²) in [7, 11) is -4.61. The second kappa shape index (κ2) is 30.4. The summed E-state index contributed by atoms with van der Waals surface area (Å²) in [6.07, 6.45) is 22.7. The van der Waals surface area contributed by atoms with Crippen molar-refractivity contribution in [1.82, 2.24) is 0 Å². The van der Waals surface area contributed by atoms with E-state index >= 15 is 0 Å². The quantitative estimate of drug-likeness (QED) is 0.0415. The highest BCUT2D eigenvalue weighted by Gasteiger charge is 2.21. The van der Waals surface area contributed by atoms with Crippen LogP contribution >= 0.6 is 7.82 Å². The maximum Gasteiger partial charge on any atom is 0.306 e. The van der Waals surface area contributed by atoms with E-state index in [1.165, 1.54) is 83.5 Å². The first-order chi connectivity index (χ1) is 21.6. The first-order valence-corrected chi connectivity index (χ1v) is 19.7. The van der Waals surface area contributed by atoms with Crippen LogP contribution in [0.2, 0.25) is 0 Å². The number of nitrogens with two attached hydrogens (primary N) is 1. The molecule has 0 fully saturated rings. The first-order valence-electron chi connectivity index (χ1n) is 18.2. The molecule has 10 heteroatoms. The smallest absolute Gasteiger partial charge is 0.306 e. The fraction of sp³-hybridized carbons (Fsp3) is 0.943. The fourth-order valence-electron chi connectivity index (χ4n) is 5.08. The molecule has 268 valence electrons. The van der Waals surface area contributed by atoms with E-state index in [4.69, 9.17) is 19.7 Å². The molecule has 0 amide bonds. The SMILES string of the molecule is CC[C@H](C)CCCCCCCCCCC(=O)O[C@@H](COC(=O)CCCCCCCCCCCC(C)C)COP(=O)([O-])OCCN. The molecule has 0 radical (unpaired) electrons. The van der Waals surface area contributed by atoms with Gasteiger partial charge in [0.05, 0.1) is 13.2 Å². The molecule has 0 heterocycles. The Morgan fingerprint density at radius 1 is 0.667 bits per heavy atom. The number of hydrogen-bond donors (Lipinski definition) is 1. The van der Waals surface area contributed by atoms with Gasteiger partial charge in [-0.2, -0.15) is 0 Å². The van der Waals surface area contributed by atoms with Crippen LogP contribution in [0.15, 0.2) is 0 Å². The van der Waals surface area contributed by atoms with Crippen LogP contribution in [0.25, 0.3) is 0 Å². The number of esters is 2. The summed E-state index contributed by atoms with van der Waals surface area (Å²) < 4.78 is 32.2. The zero-order valence-corrected chi connectivity index (χ0v) is 30.3. The molecule has 0 aliphatic carbocycles. The molecule has 0 saturated heterocycles. The molecule has 0 aromatic rings. The summed E-state index contributed by atoms with van der Waals surface area (Å²) in [6, 6.07) is 0. The monoisotopic (exact) mass is 662 g/mol. The van der Waals surface area contributed by atoms with Gasteiger partial charge < -0.3 is 29.1 Å². The lowest BCUT2D eigenvalue weighted by Gasteiger charge is -2.25. The Bertz CT molecular complexity index is 751. The normalized spacial score (nSPS) is 14.3. The summed E-state index contributed by atoms with van der Waals surface area (Å²) >= 11 is 0. The van der Waals surface area contributed by atoms with E-state index in [1.54, 1.807) is 0 Å². The average molecular weight is 663 g/mol. The maximum absolute atomic E-state index is 12.5. The van der Waals surface area contributed by atoms with E-state index < -0.39 is 32.5 Å². The predicted molar refractivity (Wildman–Crippen MR) is 181 cm³/mol. The first kappa shape index (κ1) is 44.0. The molecule has 0 aliphatic heterocycles. The van der Waals surface area contributed by atoms with Gasteiger partial charge in [-0.05, 0) is 24.7 Å². The molecule has 0 aromatic carbocycles. The van der Waals surface area contributed by atoms with Crippen LogP contribution in [0.4, 0.5) is 0 Å². The van der Waals surface area contributed by atoms with Gasteiger partial charge in [-0.25, -0.2) is 0 Å². The Labute approximate surface area is 276 Å². The van der Waals surface area contributed by atoms with Crippen LogP contribution in [0.1, 0.15) is 169 Å². The second-order valence-electron chi connectivity index (χ2n) is 13.2. The van der Waals surface area contributed by atoms with Gasteiger partial charge in [0, 0.05) is 19.4 Å². The van der Waals surface area contributed by atoms with Crippen LogP contribution in [-0.2, 0) is 32.7 Å². The standard InChI is InChI=1S/C35H70NO8P/c1-5-32(4)24-20-16-12-9-10-14-18-22-26-35(38)44-33(30-43-45(39,40)42-28-27-36)29-41-34(37)25-21-17-13-8-6-7-11-15-19-23-31(2)3/h31-33H,5-30,36H2,1-4H3,(H,39,40)/p-1/t32-,33-/m0/s1. The Morgan fingerprint density at radius 3 is 1.62 bits per heavy atom. The molecule has 45 heavy (non-hydrogen) atoms. The van der Waals surface area contributed by atoms with Crippen molar-refractivity contribution in [2.75, 3.05) is 26.4 Å². The average Bonchev–Trinajstić information content (AvgIpc) is 3.00. The molecule has 0 saturated carbocycles. The molecule has 0 aliphatic rings. The minimum Gasteiger partial charge on any atom is -0.756 e. The zero-order valence-electron chi connectivity index (χ0n) is 29.4. The molecule has 9 nitrogen and oxygen atoms in total. The van der Waals surface area contributed by atoms with E-state index in [1.807, 2.05) is 0 Å². The second-order valence-corrected chi connectivity index (χ2v) is 14.6. The van der Waals surface area contributed by atoms with Crippen LogP contribution in [0, 0.1) is 11.8 Å². The van der Waals surface area contributed by atoms with Crippen molar-refractivity contribution in [3.63, 3.8) is 0 Å². The van der Waals surface area contributed by atoms with Crippen LogP contribution in [0.3, 0.4) is 0 Å². The van der Waals surface area contributed by atoms with E-state index in [2.05, 4.69) is 32.2 Å². The van der Waals surface area contributed by atoms with Gasteiger partial charge in [-0.3, -0.25) is 14.2 Å². The summed E-state index contributed by atoms with van der Waals surface area (Å²) in [5, 5.41) is 0. The summed E-state index contributed by atoms with van der Waals surface area (Å²) in [5.41, 5.74) is 5.29. The number of unbranched alkanes of at least 4 members (excludes halogenated alkanes) is 15. The number of phosphoric ester groups is 1. The largest absolute Gasteiger partial charge is 0.756 e. The van der Waals surface area contributed by atoms with Crippen LogP contribution in [0.5, 0.6) is 0 Å². The predicted octanol–water partition coefficient (Wildman–Crippen LogP) is 8.80. The molecule has 3 atom stereocenters. The van der Waals surface area contributed by atoms with Crippen molar-refractivity contribution in [1.29, 1.82) is 0 Å². The molecule has 0 spiro atoms. The summed E-state index contributed by atoms with van der Waals surface area (Å²) in [4.78, 5) is 36.7. The molecular formula is C35H69NO8P-. The molecular weight excluding hydrogens is 593 g/mol. The van der Waals surface area contributed by atoms with E-state index in [-0.39, 0.29) is 32.6 Å². The highest BCUT2D eigenvalue weighted by atomic mass is 31.2. The highest BCUT2D eigenvalue weighted by Crippen LogP contribution is 2.38. The Kier molecular flexibility index (Phi) is 29.7. The number of phosphoric acid groups is 1. The van der Waals surface area contributed by atoms with Gasteiger partial charge in [0.25, 0.3) is 7.82 Å². The van der Waals surface area contributed by atoms with Gasteiger partial charge in [0.2, 0.25) is 0 Å².